The van der Waals surface area contributed by atoms with Gasteiger partial charge in [-0.3, -0.25) is 0 Å². The fraction of sp³-hybridized carbons (Fsp3) is 0.0938. The summed E-state index contributed by atoms with van der Waals surface area (Å²) in [4.78, 5) is 2.45. The minimum atomic E-state index is -0.0473. The third-order valence-electron chi connectivity index (χ3n) is 14.2. The second-order valence-electron chi connectivity index (χ2n) is 18.4. The Balaban J connectivity index is 1.08. The van der Waals surface area contributed by atoms with E-state index in [0.717, 1.165) is 29.9 Å². The van der Waals surface area contributed by atoms with Gasteiger partial charge in [-0.05, 0) is 173 Å². The van der Waals surface area contributed by atoms with Crippen LogP contribution in [0.15, 0.2) is 212 Å². The Morgan fingerprint density at radius 1 is 0.415 bits per heavy atom. The molecule has 1 nitrogen and oxygen atoms in total. The van der Waals surface area contributed by atoms with E-state index in [1.165, 1.54) is 105 Å². The van der Waals surface area contributed by atoms with Gasteiger partial charge in [-0.25, -0.2) is 0 Å². The molecule has 10 aromatic rings. The molecule has 0 fully saturated rings. The van der Waals surface area contributed by atoms with E-state index in [-0.39, 0.29) is 5.41 Å². The molecule has 310 valence electrons. The van der Waals surface area contributed by atoms with Gasteiger partial charge in [0.15, 0.2) is 0 Å². The first-order valence-corrected chi connectivity index (χ1v) is 23.1. The Kier molecular flexibility index (Phi) is 9.28. The fourth-order valence-electron chi connectivity index (χ4n) is 11.0. The van der Waals surface area contributed by atoms with Crippen LogP contribution in [0.5, 0.6) is 0 Å². The highest BCUT2D eigenvalue weighted by molar-refractivity contribution is 6.25. The van der Waals surface area contributed by atoms with Crippen molar-refractivity contribution in [1.82, 2.24) is 0 Å². The summed E-state index contributed by atoms with van der Waals surface area (Å²) in [6.07, 6.45) is 6.79. The lowest BCUT2D eigenvalue weighted by atomic mass is 9.78. The van der Waals surface area contributed by atoms with Gasteiger partial charge in [0.25, 0.3) is 0 Å². The monoisotopic (exact) mass is 831 g/mol. The highest BCUT2D eigenvalue weighted by Crippen LogP contribution is 2.52. The van der Waals surface area contributed by atoms with Gasteiger partial charge in [0.05, 0.1) is 0 Å². The number of hydrogen-bond acceptors (Lipinski definition) is 1. The lowest BCUT2D eigenvalue weighted by Gasteiger charge is -2.28. The van der Waals surface area contributed by atoms with Crippen LogP contribution in [0.25, 0.3) is 83.3 Å². The van der Waals surface area contributed by atoms with Crippen molar-refractivity contribution in [2.24, 2.45) is 0 Å². The van der Waals surface area contributed by atoms with Gasteiger partial charge in [-0.1, -0.05) is 184 Å². The summed E-state index contributed by atoms with van der Waals surface area (Å²) in [6.45, 7) is 6.90. The first-order valence-electron chi connectivity index (χ1n) is 23.1. The molecule has 0 bridgehead atoms. The van der Waals surface area contributed by atoms with Gasteiger partial charge in [-0.2, -0.15) is 0 Å². The van der Waals surface area contributed by atoms with Crippen LogP contribution >= 0.6 is 0 Å². The molecular weight excluding hydrogens is 783 g/mol. The maximum atomic E-state index is 2.48. The van der Waals surface area contributed by atoms with Crippen LogP contribution in [-0.4, -0.2) is 0 Å². The molecule has 0 atom stereocenters. The molecule has 0 unspecified atom stereocenters. The Morgan fingerprint density at radius 2 is 1.05 bits per heavy atom. The zero-order valence-corrected chi connectivity index (χ0v) is 37.1. The number of allylic oxidation sites excluding steroid dienone is 1. The molecule has 0 saturated heterocycles. The molecule has 65 heavy (non-hydrogen) atoms. The summed E-state index contributed by atoms with van der Waals surface area (Å²) >= 11 is 0. The molecule has 0 heterocycles. The second-order valence-corrected chi connectivity index (χ2v) is 18.4. The number of hydrogen-bond donors (Lipinski definition) is 0. The van der Waals surface area contributed by atoms with Crippen LogP contribution in [0.4, 0.5) is 17.1 Å². The minimum absolute atomic E-state index is 0.0473. The molecule has 2 aliphatic rings. The molecule has 12 rings (SSSR count). The first-order chi connectivity index (χ1) is 31.9. The van der Waals surface area contributed by atoms with E-state index in [2.05, 4.69) is 244 Å². The van der Waals surface area contributed by atoms with Gasteiger partial charge < -0.3 is 4.90 Å². The predicted octanol–water partition coefficient (Wildman–Crippen LogP) is 17.7. The van der Waals surface area contributed by atoms with Gasteiger partial charge in [-0.15, -0.1) is 0 Å². The Morgan fingerprint density at radius 3 is 1.78 bits per heavy atom. The van der Waals surface area contributed by atoms with Crippen LogP contribution in [0.3, 0.4) is 0 Å². The Bertz CT molecular complexity index is 3490. The van der Waals surface area contributed by atoms with Gasteiger partial charge in [0.1, 0.15) is 0 Å². The Hall–Kier alpha value is -7.74. The largest absolute Gasteiger partial charge is 0.310 e. The normalized spacial score (nSPS) is 13.4. The third kappa shape index (κ3) is 6.45. The number of fused-ring (bicyclic) bond motifs is 9. The fourth-order valence-corrected chi connectivity index (χ4v) is 11.0. The van der Waals surface area contributed by atoms with Gasteiger partial charge >= 0.3 is 0 Å². The summed E-state index contributed by atoms with van der Waals surface area (Å²) in [5.74, 6) is 0. The molecular formula is C64H49N. The lowest BCUT2D eigenvalue weighted by Crippen LogP contribution is -2.14. The van der Waals surface area contributed by atoms with E-state index in [1.54, 1.807) is 0 Å². The van der Waals surface area contributed by atoms with Crippen molar-refractivity contribution in [3.63, 3.8) is 0 Å². The molecule has 0 radical (unpaired) electrons. The van der Waals surface area contributed by atoms with Crippen molar-refractivity contribution >= 4 is 44.7 Å². The summed E-state index contributed by atoms with van der Waals surface area (Å²) in [5, 5.41) is 5.22. The van der Waals surface area contributed by atoms with E-state index < -0.39 is 0 Å². The topological polar surface area (TPSA) is 3.24 Å². The summed E-state index contributed by atoms with van der Waals surface area (Å²) < 4.78 is 0. The predicted molar refractivity (Wildman–Crippen MR) is 278 cm³/mol. The van der Waals surface area contributed by atoms with Crippen molar-refractivity contribution in [1.29, 1.82) is 0 Å². The van der Waals surface area contributed by atoms with Crippen LogP contribution in [0.2, 0.25) is 0 Å². The lowest BCUT2D eigenvalue weighted by molar-refractivity contribution is 0.660. The number of benzene rings is 10. The number of nitrogens with zero attached hydrogens (tertiary/aromatic N) is 1. The van der Waals surface area contributed by atoms with E-state index >= 15 is 0 Å². The first kappa shape index (κ1) is 38.9. The summed E-state index contributed by atoms with van der Waals surface area (Å²) in [5.41, 5.74) is 22.8. The quantitative estimate of drug-likeness (QED) is 0.145. The average molecular weight is 832 g/mol. The molecule has 1 heteroatoms. The molecule has 0 amide bonds. The Labute approximate surface area is 382 Å². The van der Waals surface area contributed by atoms with E-state index in [1.807, 2.05) is 0 Å². The van der Waals surface area contributed by atoms with Crippen LogP contribution < -0.4 is 4.90 Å². The standard InChI is InChI=1S/C64H49N/c1-42-18-17-25-49(38-42)65(48-33-30-43(31-34-48)47-32-36-53-52-27-15-16-29-59(52)64(2,3)60(53)39-47)50-35-37-55-58(40-50)51-26-13-14-28-54(51)62-57(45-21-9-5-10-22-45)41-56(44-19-7-4-8-20-44)61(63(55)62)46-23-11-6-12-24-46/h4-12,14-25,27-41H,13,26H2,1-3H3. The van der Waals surface area contributed by atoms with Crippen LogP contribution in [0.1, 0.15) is 48.1 Å². The average Bonchev–Trinajstić information content (AvgIpc) is 3.59. The number of rotatable bonds is 7. The molecule has 0 saturated carbocycles. The minimum Gasteiger partial charge on any atom is -0.310 e. The highest BCUT2D eigenvalue weighted by Gasteiger charge is 2.35. The van der Waals surface area contributed by atoms with Gasteiger partial charge in [0, 0.05) is 22.5 Å². The SMILES string of the molecule is Cc1cccc(N(c2ccc(-c3ccc4c(c3)C(C)(C)c3ccccc3-4)cc2)c2ccc3c(c2)c2c(c4c(-c5ccccc5)cc(-c5ccccc5)c(-c5ccccc5)c43)C=CCC2)c1. The van der Waals surface area contributed by atoms with E-state index in [9.17, 15) is 0 Å². The van der Waals surface area contributed by atoms with Crippen molar-refractivity contribution in [3.05, 3.63) is 240 Å². The number of aryl methyl sites for hydroxylation is 2. The summed E-state index contributed by atoms with van der Waals surface area (Å²) in [7, 11) is 0. The summed E-state index contributed by atoms with van der Waals surface area (Å²) in [6, 6.07) is 76.8. The van der Waals surface area contributed by atoms with Crippen molar-refractivity contribution in [3.8, 4) is 55.6 Å². The molecule has 0 aliphatic heterocycles. The molecule has 0 spiro atoms. The van der Waals surface area contributed by atoms with E-state index in [4.69, 9.17) is 0 Å². The zero-order valence-electron chi connectivity index (χ0n) is 37.1. The van der Waals surface area contributed by atoms with Crippen molar-refractivity contribution in [2.75, 3.05) is 4.90 Å². The second kappa shape index (κ2) is 15.5. The molecule has 0 aromatic heterocycles. The van der Waals surface area contributed by atoms with Crippen molar-refractivity contribution in [2.45, 2.75) is 39.0 Å². The smallest absolute Gasteiger partial charge is 0.0468 e. The molecule has 10 aromatic carbocycles. The maximum Gasteiger partial charge on any atom is 0.0468 e. The maximum absolute atomic E-state index is 2.48. The molecule has 0 N–H and O–H groups in total. The number of anilines is 3. The third-order valence-corrected chi connectivity index (χ3v) is 14.2. The highest BCUT2D eigenvalue weighted by atomic mass is 15.1. The van der Waals surface area contributed by atoms with Crippen LogP contribution in [-0.2, 0) is 11.8 Å². The van der Waals surface area contributed by atoms with Crippen LogP contribution in [0, 0.1) is 6.92 Å². The zero-order chi connectivity index (χ0) is 43.6. The van der Waals surface area contributed by atoms with E-state index in [0.29, 0.717) is 0 Å². The molecule has 2 aliphatic carbocycles. The van der Waals surface area contributed by atoms with Gasteiger partial charge in [0.2, 0.25) is 0 Å². The van der Waals surface area contributed by atoms with Crippen molar-refractivity contribution < 1.29 is 0 Å².